The number of nitrogens with one attached hydrogen (secondary N) is 1. The zero-order valence-electron chi connectivity index (χ0n) is 9.80. The second-order valence-electron chi connectivity index (χ2n) is 3.83. The number of thiazole rings is 1. The van der Waals surface area contributed by atoms with E-state index < -0.39 is 15.1 Å². The number of aromatic nitrogens is 1. The van der Waals surface area contributed by atoms with Gasteiger partial charge in [0.25, 0.3) is 0 Å². The van der Waals surface area contributed by atoms with Gasteiger partial charge in [0.1, 0.15) is 0 Å². The Hall–Kier alpha value is -0.460. The summed E-state index contributed by atoms with van der Waals surface area (Å²) in [6.07, 6.45) is 3.69. The minimum atomic E-state index is -3.01. The largest absolute Gasteiger partial charge is 0.313 e. The van der Waals surface area contributed by atoms with Crippen molar-refractivity contribution in [1.82, 2.24) is 10.3 Å². The Bertz CT molecular complexity index is 400. The van der Waals surface area contributed by atoms with Crippen LogP contribution in [0.2, 0.25) is 0 Å². The van der Waals surface area contributed by atoms with Gasteiger partial charge in [0, 0.05) is 30.3 Å². The number of rotatable bonds is 6. The van der Waals surface area contributed by atoms with Crippen LogP contribution < -0.4 is 5.32 Å². The quantitative estimate of drug-likeness (QED) is 0.834. The molecule has 92 valence electrons. The Morgan fingerprint density at radius 2 is 2.25 bits per heavy atom. The van der Waals surface area contributed by atoms with Crippen molar-refractivity contribution in [2.24, 2.45) is 0 Å². The van der Waals surface area contributed by atoms with Crippen LogP contribution in [0.3, 0.4) is 0 Å². The second kappa shape index (κ2) is 5.75. The van der Waals surface area contributed by atoms with E-state index in [1.165, 1.54) is 6.26 Å². The van der Waals surface area contributed by atoms with Gasteiger partial charge in [-0.3, -0.25) is 0 Å². The number of hydrogen-bond acceptors (Lipinski definition) is 5. The van der Waals surface area contributed by atoms with Crippen molar-refractivity contribution < 1.29 is 8.42 Å². The first-order valence-corrected chi connectivity index (χ1v) is 8.09. The molecule has 4 nitrogen and oxygen atoms in total. The van der Waals surface area contributed by atoms with Crippen molar-refractivity contribution in [2.75, 3.05) is 12.8 Å². The molecule has 0 aliphatic heterocycles. The summed E-state index contributed by atoms with van der Waals surface area (Å²) in [5.41, 5.74) is 0. The molecular formula is C10H18N2O2S2. The lowest BCUT2D eigenvalue weighted by atomic mass is 10.1. The van der Waals surface area contributed by atoms with Crippen molar-refractivity contribution in [1.29, 1.82) is 0 Å². The van der Waals surface area contributed by atoms with Gasteiger partial charge in [-0.2, -0.15) is 0 Å². The molecule has 1 aromatic heterocycles. The summed E-state index contributed by atoms with van der Waals surface area (Å²) < 4.78 is 23.0. The van der Waals surface area contributed by atoms with Gasteiger partial charge in [-0.1, -0.05) is 6.92 Å². The predicted molar refractivity (Wildman–Crippen MR) is 67.6 cm³/mol. The minimum Gasteiger partial charge on any atom is -0.313 e. The van der Waals surface area contributed by atoms with E-state index in [0.717, 1.165) is 11.6 Å². The Balaban J connectivity index is 2.75. The molecule has 6 heteroatoms. The smallest absolute Gasteiger partial charge is 0.151 e. The van der Waals surface area contributed by atoms with Gasteiger partial charge >= 0.3 is 0 Å². The van der Waals surface area contributed by atoms with E-state index >= 15 is 0 Å². The molecule has 1 heterocycles. The zero-order chi connectivity index (χ0) is 12.2. The second-order valence-corrected chi connectivity index (χ2v) is 7.21. The molecule has 1 N–H and O–H groups in total. The standard InChI is InChI=1S/C10H18N2O2S2/c1-4-11-9(8(2)16(3,13)14)7-10-12-5-6-15-10/h5-6,8-9,11H,4,7H2,1-3H3. The lowest BCUT2D eigenvalue weighted by Crippen LogP contribution is -2.43. The molecular weight excluding hydrogens is 244 g/mol. The highest BCUT2D eigenvalue weighted by atomic mass is 32.2. The first-order valence-electron chi connectivity index (χ1n) is 5.25. The average Bonchev–Trinajstić information content (AvgIpc) is 2.67. The van der Waals surface area contributed by atoms with Gasteiger partial charge in [0.15, 0.2) is 9.84 Å². The fourth-order valence-electron chi connectivity index (χ4n) is 1.51. The van der Waals surface area contributed by atoms with Crippen LogP contribution in [0.15, 0.2) is 11.6 Å². The van der Waals surface area contributed by atoms with Crippen molar-refractivity contribution in [3.8, 4) is 0 Å². The molecule has 0 aliphatic carbocycles. The third-order valence-corrected chi connectivity index (χ3v) is 5.07. The zero-order valence-corrected chi connectivity index (χ0v) is 11.4. The van der Waals surface area contributed by atoms with Gasteiger partial charge in [-0.15, -0.1) is 11.3 Å². The van der Waals surface area contributed by atoms with Crippen LogP contribution in [0.4, 0.5) is 0 Å². The topological polar surface area (TPSA) is 59.1 Å². The monoisotopic (exact) mass is 262 g/mol. The van der Waals surface area contributed by atoms with Crippen molar-refractivity contribution in [2.45, 2.75) is 31.6 Å². The summed E-state index contributed by atoms with van der Waals surface area (Å²) >= 11 is 1.56. The summed E-state index contributed by atoms with van der Waals surface area (Å²) in [5.74, 6) is 0. The predicted octanol–water partition coefficient (Wildman–Crippen LogP) is 1.10. The van der Waals surface area contributed by atoms with Crippen molar-refractivity contribution >= 4 is 21.2 Å². The van der Waals surface area contributed by atoms with E-state index in [1.807, 2.05) is 12.3 Å². The highest BCUT2D eigenvalue weighted by Crippen LogP contribution is 2.13. The van der Waals surface area contributed by atoms with E-state index in [2.05, 4.69) is 10.3 Å². The van der Waals surface area contributed by atoms with Crippen LogP contribution in [0.1, 0.15) is 18.9 Å². The van der Waals surface area contributed by atoms with E-state index in [0.29, 0.717) is 6.42 Å². The highest BCUT2D eigenvalue weighted by Gasteiger charge is 2.25. The van der Waals surface area contributed by atoms with E-state index in [-0.39, 0.29) is 6.04 Å². The van der Waals surface area contributed by atoms with Crippen LogP contribution in [0.5, 0.6) is 0 Å². The summed E-state index contributed by atoms with van der Waals surface area (Å²) in [6.45, 7) is 4.48. The van der Waals surface area contributed by atoms with E-state index in [4.69, 9.17) is 0 Å². The maximum atomic E-state index is 11.5. The Morgan fingerprint density at radius 3 is 2.69 bits per heavy atom. The summed E-state index contributed by atoms with van der Waals surface area (Å²) in [7, 11) is -3.01. The first kappa shape index (κ1) is 13.6. The van der Waals surface area contributed by atoms with Gasteiger partial charge in [-0.25, -0.2) is 13.4 Å². The molecule has 0 spiro atoms. The van der Waals surface area contributed by atoms with Crippen molar-refractivity contribution in [3.05, 3.63) is 16.6 Å². The molecule has 0 saturated carbocycles. The number of sulfone groups is 1. The molecule has 0 bridgehead atoms. The summed E-state index contributed by atoms with van der Waals surface area (Å²) in [4.78, 5) is 4.19. The Morgan fingerprint density at radius 1 is 1.56 bits per heavy atom. The van der Waals surface area contributed by atoms with E-state index in [1.54, 1.807) is 24.5 Å². The molecule has 0 amide bonds. The van der Waals surface area contributed by atoms with E-state index in [9.17, 15) is 8.42 Å². The van der Waals surface area contributed by atoms with Gasteiger partial charge in [-0.05, 0) is 13.5 Å². The van der Waals surface area contributed by atoms with Crippen LogP contribution in [0, 0.1) is 0 Å². The fraction of sp³-hybridized carbons (Fsp3) is 0.700. The molecule has 0 saturated heterocycles. The fourth-order valence-corrected chi connectivity index (χ4v) is 2.97. The molecule has 2 atom stereocenters. The van der Waals surface area contributed by atoms with Crippen LogP contribution in [0.25, 0.3) is 0 Å². The summed E-state index contributed by atoms with van der Waals surface area (Å²) in [5, 5.41) is 5.70. The van der Waals surface area contributed by atoms with Gasteiger partial charge in [0.05, 0.1) is 10.3 Å². The molecule has 1 rings (SSSR count). The third-order valence-electron chi connectivity index (χ3n) is 2.59. The maximum Gasteiger partial charge on any atom is 0.151 e. The number of likely N-dealkylation sites (N-methyl/N-ethyl adjacent to an activating group) is 1. The van der Waals surface area contributed by atoms with Gasteiger partial charge < -0.3 is 5.32 Å². The Labute approximate surface area is 101 Å². The maximum absolute atomic E-state index is 11.5. The van der Waals surface area contributed by atoms with Crippen LogP contribution in [-0.2, 0) is 16.3 Å². The minimum absolute atomic E-state index is 0.0637. The average molecular weight is 262 g/mol. The van der Waals surface area contributed by atoms with Gasteiger partial charge in [0.2, 0.25) is 0 Å². The molecule has 0 fully saturated rings. The lowest BCUT2D eigenvalue weighted by Gasteiger charge is -2.22. The SMILES string of the molecule is CCNC(Cc1nccs1)C(C)S(C)(=O)=O. The molecule has 16 heavy (non-hydrogen) atoms. The first-order chi connectivity index (χ1) is 7.45. The van der Waals surface area contributed by atoms with Crippen molar-refractivity contribution in [3.63, 3.8) is 0 Å². The molecule has 0 radical (unpaired) electrons. The molecule has 0 aliphatic rings. The number of nitrogens with zero attached hydrogens (tertiary/aromatic N) is 1. The Kier molecular flexibility index (Phi) is 4.89. The van der Waals surface area contributed by atoms with Crippen LogP contribution in [-0.4, -0.2) is 37.5 Å². The third kappa shape index (κ3) is 3.84. The molecule has 1 aromatic rings. The number of hydrogen-bond donors (Lipinski definition) is 1. The molecule has 0 aromatic carbocycles. The normalized spacial score (nSPS) is 15.9. The molecule has 2 unspecified atom stereocenters. The van der Waals surface area contributed by atoms with Crippen LogP contribution >= 0.6 is 11.3 Å². The lowest BCUT2D eigenvalue weighted by molar-refractivity contribution is 0.493. The highest BCUT2D eigenvalue weighted by molar-refractivity contribution is 7.91. The summed E-state index contributed by atoms with van der Waals surface area (Å²) in [6, 6.07) is -0.0637.